The van der Waals surface area contributed by atoms with Gasteiger partial charge >= 0.3 is 0 Å². The van der Waals surface area contributed by atoms with E-state index in [0.29, 0.717) is 12.1 Å². The summed E-state index contributed by atoms with van der Waals surface area (Å²) >= 11 is 0. The monoisotopic (exact) mass is 213 g/mol. The van der Waals surface area contributed by atoms with Crippen LogP contribution in [-0.4, -0.2) is 43.0 Å². The van der Waals surface area contributed by atoms with E-state index in [9.17, 15) is 4.79 Å². The van der Waals surface area contributed by atoms with Crippen molar-refractivity contribution in [2.45, 2.75) is 50.7 Å². The Morgan fingerprint density at radius 2 is 2.13 bits per heavy atom. The maximum Gasteiger partial charge on any atom is 0.236 e. The molecule has 4 heteroatoms. The van der Waals surface area contributed by atoms with Gasteiger partial charge in [0.1, 0.15) is 0 Å². The number of carbonyl (C=O) groups excluding carboxylic acids is 1. The number of rotatable bonds is 3. The van der Waals surface area contributed by atoms with E-state index in [0.717, 1.165) is 12.8 Å². The Bertz CT molecular complexity index is 216. The van der Waals surface area contributed by atoms with Crippen molar-refractivity contribution in [3.8, 4) is 0 Å². The minimum atomic E-state index is -0.398. The number of nitrogens with one attached hydrogen (secondary N) is 1. The molecule has 3 atom stereocenters. The molecule has 4 nitrogen and oxygen atoms in total. The summed E-state index contributed by atoms with van der Waals surface area (Å²) in [4.78, 5) is 13.7. The van der Waals surface area contributed by atoms with Gasteiger partial charge in [-0.15, -0.1) is 0 Å². The van der Waals surface area contributed by atoms with Gasteiger partial charge in [-0.05, 0) is 46.7 Å². The molecule has 0 aromatic rings. The number of carbonyl (C=O) groups is 1. The second-order valence-corrected chi connectivity index (χ2v) is 4.78. The minimum Gasteiger partial charge on any atom is -0.352 e. The Morgan fingerprint density at radius 3 is 2.67 bits per heavy atom. The molecule has 88 valence electrons. The summed E-state index contributed by atoms with van der Waals surface area (Å²) < 4.78 is 0. The molecule has 0 spiro atoms. The number of amides is 1. The predicted molar refractivity (Wildman–Crippen MR) is 61.5 cm³/mol. The molecule has 0 aromatic heterocycles. The normalized spacial score (nSPS) is 28.9. The van der Waals surface area contributed by atoms with Crippen LogP contribution in [0.4, 0.5) is 0 Å². The lowest BCUT2D eigenvalue weighted by Crippen LogP contribution is -2.48. The summed E-state index contributed by atoms with van der Waals surface area (Å²) in [5.74, 6) is -0.0283. The number of nitrogens with zero attached hydrogens (tertiary/aromatic N) is 1. The summed E-state index contributed by atoms with van der Waals surface area (Å²) in [6.45, 7) is 1.72. The highest BCUT2D eigenvalue weighted by molar-refractivity contribution is 5.81. The highest BCUT2D eigenvalue weighted by Gasteiger charge is 2.24. The van der Waals surface area contributed by atoms with Crippen LogP contribution in [0.25, 0.3) is 0 Å². The quantitative estimate of drug-likeness (QED) is 0.710. The van der Waals surface area contributed by atoms with Crippen LogP contribution in [-0.2, 0) is 4.79 Å². The first-order chi connectivity index (χ1) is 7.00. The molecule has 1 saturated carbocycles. The smallest absolute Gasteiger partial charge is 0.236 e. The number of hydrogen-bond acceptors (Lipinski definition) is 3. The van der Waals surface area contributed by atoms with E-state index in [1.807, 2.05) is 0 Å². The van der Waals surface area contributed by atoms with Crippen LogP contribution in [0, 0.1) is 0 Å². The van der Waals surface area contributed by atoms with Crippen LogP contribution in [0.1, 0.15) is 32.6 Å². The average Bonchev–Trinajstić information content (AvgIpc) is 2.18. The van der Waals surface area contributed by atoms with Crippen molar-refractivity contribution < 1.29 is 4.79 Å². The lowest BCUT2D eigenvalue weighted by Gasteiger charge is -2.34. The maximum atomic E-state index is 11.4. The second kappa shape index (κ2) is 5.47. The van der Waals surface area contributed by atoms with Crippen LogP contribution >= 0.6 is 0 Å². The predicted octanol–water partition coefficient (Wildman–Crippen LogP) is 0.323. The van der Waals surface area contributed by atoms with Crippen LogP contribution in [0.5, 0.6) is 0 Å². The molecule has 0 radical (unpaired) electrons. The average molecular weight is 213 g/mol. The van der Waals surface area contributed by atoms with Gasteiger partial charge in [-0.2, -0.15) is 0 Å². The molecular formula is C11H23N3O. The van der Waals surface area contributed by atoms with Gasteiger partial charge in [0.05, 0.1) is 6.04 Å². The van der Waals surface area contributed by atoms with Gasteiger partial charge in [-0.1, -0.05) is 0 Å². The zero-order valence-electron chi connectivity index (χ0n) is 9.99. The fraction of sp³-hybridized carbons (Fsp3) is 0.909. The molecule has 0 saturated heterocycles. The van der Waals surface area contributed by atoms with Crippen LogP contribution < -0.4 is 11.1 Å². The molecule has 3 N–H and O–H groups in total. The first-order valence-electron chi connectivity index (χ1n) is 5.73. The molecule has 0 heterocycles. The molecule has 1 amide bonds. The Kier molecular flexibility index (Phi) is 4.54. The van der Waals surface area contributed by atoms with E-state index in [4.69, 9.17) is 5.73 Å². The SMILES string of the molecule is CC(N)C(=O)NC1CCCC(N(C)C)C1. The van der Waals surface area contributed by atoms with Crippen molar-refractivity contribution in [2.75, 3.05) is 14.1 Å². The zero-order valence-corrected chi connectivity index (χ0v) is 9.99. The first-order valence-corrected chi connectivity index (χ1v) is 5.73. The molecule has 1 fully saturated rings. The largest absolute Gasteiger partial charge is 0.352 e. The second-order valence-electron chi connectivity index (χ2n) is 4.78. The first kappa shape index (κ1) is 12.5. The van der Waals surface area contributed by atoms with Gasteiger partial charge in [0, 0.05) is 12.1 Å². The molecule has 0 aromatic carbocycles. The Labute approximate surface area is 92.2 Å². The molecule has 0 aliphatic heterocycles. The minimum absolute atomic E-state index is 0.0283. The summed E-state index contributed by atoms with van der Waals surface area (Å²) in [6, 6.07) is 0.506. The van der Waals surface area contributed by atoms with E-state index >= 15 is 0 Å². The van der Waals surface area contributed by atoms with E-state index in [1.54, 1.807) is 6.92 Å². The van der Waals surface area contributed by atoms with E-state index in [-0.39, 0.29) is 5.91 Å². The van der Waals surface area contributed by atoms with Crippen molar-refractivity contribution in [3.05, 3.63) is 0 Å². The lowest BCUT2D eigenvalue weighted by molar-refractivity contribution is -0.123. The van der Waals surface area contributed by atoms with E-state index < -0.39 is 6.04 Å². The molecule has 1 aliphatic rings. The highest BCUT2D eigenvalue weighted by atomic mass is 16.2. The fourth-order valence-corrected chi connectivity index (χ4v) is 2.10. The standard InChI is InChI=1S/C11H23N3O/c1-8(12)11(15)13-9-5-4-6-10(7-9)14(2)3/h8-10H,4-7,12H2,1-3H3,(H,13,15). The summed E-state index contributed by atoms with van der Waals surface area (Å²) in [7, 11) is 4.20. The van der Waals surface area contributed by atoms with Crippen molar-refractivity contribution in [3.63, 3.8) is 0 Å². The van der Waals surface area contributed by atoms with Gasteiger partial charge in [0.15, 0.2) is 0 Å². The summed E-state index contributed by atoms with van der Waals surface area (Å²) in [5.41, 5.74) is 5.53. The van der Waals surface area contributed by atoms with Crippen molar-refractivity contribution >= 4 is 5.91 Å². The van der Waals surface area contributed by atoms with Crippen molar-refractivity contribution in [2.24, 2.45) is 5.73 Å². The Balaban J connectivity index is 2.39. The summed E-state index contributed by atoms with van der Waals surface area (Å²) in [6.07, 6.45) is 4.55. The lowest BCUT2D eigenvalue weighted by atomic mass is 9.90. The maximum absolute atomic E-state index is 11.4. The highest BCUT2D eigenvalue weighted by Crippen LogP contribution is 2.21. The Morgan fingerprint density at radius 1 is 1.47 bits per heavy atom. The zero-order chi connectivity index (χ0) is 11.4. The van der Waals surface area contributed by atoms with Gasteiger partial charge in [0.25, 0.3) is 0 Å². The van der Waals surface area contributed by atoms with Gasteiger partial charge in [-0.25, -0.2) is 0 Å². The topological polar surface area (TPSA) is 58.4 Å². The van der Waals surface area contributed by atoms with Crippen LogP contribution in [0.15, 0.2) is 0 Å². The molecule has 0 bridgehead atoms. The van der Waals surface area contributed by atoms with Crippen LogP contribution in [0.2, 0.25) is 0 Å². The van der Waals surface area contributed by atoms with Crippen molar-refractivity contribution in [1.82, 2.24) is 10.2 Å². The molecule has 15 heavy (non-hydrogen) atoms. The molecule has 1 rings (SSSR count). The number of nitrogens with two attached hydrogens (primary N) is 1. The van der Waals surface area contributed by atoms with Crippen LogP contribution in [0.3, 0.4) is 0 Å². The summed E-state index contributed by atoms with van der Waals surface area (Å²) in [5, 5.41) is 3.01. The third kappa shape index (κ3) is 3.80. The number of hydrogen-bond donors (Lipinski definition) is 2. The van der Waals surface area contributed by atoms with E-state index in [2.05, 4.69) is 24.3 Å². The third-order valence-corrected chi connectivity index (χ3v) is 3.14. The van der Waals surface area contributed by atoms with Crippen molar-refractivity contribution in [1.29, 1.82) is 0 Å². The third-order valence-electron chi connectivity index (χ3n) is 3.14. The Hall–Kier alpha value is -0.610. The molecular weight excluding hydrogens is 190 g/mol. The molecule has 3 unspecified atom stereocenters. The van der Waals surface area contributed by atoms with Gasteiger partial charge in [0.2, 0.25) is 5.91 Å². The van der Waals surface area contributed by atoms with Gasteiger partial charge in [-0.3, -0.25) is 4.79 Å². The fourth-order valence-electron chi connectivity index (χ4n) is 2.10. The molecule has 1 aliphatic carbocycles. The van der Waals surface area contributed by atoms with Gasteiger partial charge < -0.3 is 16.0 Å². The van der Waals surface area contributed by atoms with E-state index in [1.165, 1.54) is 12.8 Å².